The van der Waals surface area contributed by atoms with Crippen LogP contribution in [0.15, 0.2) is 10.6 Å². The molecule has 0 spiro atoms. The number of nitrogens with one attached hydrogen (secondary N) is 1. The monoisotopic (exact) mass is 249 g/mol. The van der Waals surface area contributed by atoms with Crippen molar-refractivity contribution < 1.29 is 14.4 Å². The topological polar surface area (TPSA) is 114 Å². The molecule has 0 bridgehead atoms. The zero-order valence-electron chi connectivity index (χ0n) is 9.84. The van der Waals surface area contributed by atoms with Crippen molar-refractivity contribution in [3.63, 3.8) is 0 Å². The predicted octanol–water partition coefficient (Wildman–Crippen LogP) is 0.787. The summed E-state index contributed by atoms with van der Waals surface area (Å²) in [5, 5.41) is 15.3. The molecule has 8 nitrogen and oxygen atoms in total. The minimum absolute atomic E-state index is 0.0632. The summed E-state index contributed by atoms with van der Waals surface area (Å²) in [6, 6.07) is 1.39. The number of carboxylic acids is 1. The summed E-state index contributed by atoms with van der Waals surface area (Å²) in [5.41, 5.74) is 0.498. The second kappa shape index (κ2) is 4.78. The third-order valence-electron chi connectivity index (χ3n) is 2.04. The van der Waals surface area contributed by atoms with E-state index in [-0.39, 0.29) is 18.2 Å². The molecule has 0 aliphatic heterocycles. The van der Waals surface area contributed by atoms with Gasteiger partial charge in [-0.2, -0.15) is 4.98 Å². The molecule has 0 radical (unpaired) electrons. The molecule has 0 fully saturated rings. The number of carbonyl (C=O) groups is 1. The molecule has 18 heavy (non-hydrogen) atoms. The van der Waals surface area contributed by atoms with Crippen molar-refractivity contribution in [3.8, 4) is 0 Å². The maximum Gasteiger partial charge on any atom is 0.354 e. The third kappa shape index (κ3) is 2.78. The number of rotatable bonds is 4. The number of hydrogen-bond acceptors (Lipinski definition) is 7. The van der Waals surface area contributed by atoms with E-state index in [0.717, 1.165) is 0 Å². The first-order chi connectivity index (χ1) is 8.54. The van der Waals surface area contributed by atoms with Crippen LogP contribution in [0.2, 0.25) is 0 Å². The highest BCUT2D eigenvalue weighted by atomic mass is 16.5. The summed E-state index contributed by atoms with van der Waals surface area (Å²) in [6.45, 7) is 3.64. The van der Waals surface area contributed by atoms with Gasteiger partial charge < -0.3 is 14.9 Å². The van der Waals surface area contributed by atoms with Crippen LogP contribution >= 0.6 is 0 Å². The number of aryl methyl sites for hydroxylation is 2. The Balaban J connectivity index is 2.11. The van der Waals surface area contributed by atoms with E-state index in [1.54, 1.807) is 13.8 Å². The van der Waals surface area contributed by atoms with E-state index < -0.39 is 5.97 Å². The second-order valence-corrected chi connectivity index (χ2v) is 3.61. The lowest BCUT2D eigenvalue weighted by atomic mass is 10.3. The molecule has 0 aliphatic carbocycles. The van der Waals surface area contributed by atoms with E-state index >= 15 is 0 Å². The molecule has 0 amide bonds. The first kappa shape index (κ1) is 12.0. The number of nitrogens with zero attached hydrogens (tertiary/aromatic N) is 4. The Bertz CT molecular complexity index is 581. The number of aromatic carboxylic acids is 1. The lowest BCUT2D eigenvalue weighted by Gasteiger charge is -2.03. The zero-order chi connectivity index (χ0) is 13.1. The van der Waals surface area contributed by atoms with E-state index in [1.165, 1.54) is 6.07 Å². The van der Waals surface area contributed by atoms with Crippen LogP contribution in [0, 0.1) is 13.8 Å². The molecule has 8 heteroatoms. The van der Waals surface area contributed by atoms with Crippen molar-refractivity contribution in [1.29, 1.82) is 0 Å². The maximum absolute atomic E-state index is 10.8. The first-order valence-electron chi connectivity index (χ1n) is 5.16. The van der Waals surface area contributed by atoms with Crippen LogP contribution in [-0.4, -0.2) is 31.2 Å². The Labute approximate surface area is 102 Å². The second-order valence-electron chi connectivity index (χ2n) is 3.61. The van der Waals surface area contributed by atoms with E-state index in [2.05, 4.69) is 25.4 Å². The lowest BCUT2D eigenvalue weighted by Crippen LogP contribution is -2.09. The Morgan fingerprint density at radius 3 is 2.78 bits per heavy atom. The molecule has 94 valence electrons. The van der Waals surface area contributed by atoms with Gasteiger partial charge in [0.1, 0.15) is 0 Å². The predicted molar refractivity (Wildman–Crippen MR) is 60.1 cm³/mol. The van der Waals surface area contributed by atoms with E-state index in [1.807, 2.05) is 0 Å². The van der Waals surface area contributed by atoms with E-state index in [0.29, 0.717) is 17.4 Å². The third-order valence-corrected chi connectivity index (χ3v) is 2.04. The van der Waals surface area contributed by atoms with Gasteiger partial charge in [0.15, 0.2) is 11.5 Å². The number of aromatic nitrogens is 4. The maximum atomic E-state index is 10.8. The minimum atomic E-state index is -1.10. The summed E-state index contributed by atoms with van der Waals surface area (Å²) in [5.74, 6) is 0.0260. The summed E-state index contributed by atoms with van der Waals surface area (Å²) in [4.78, 5) is 22.7. The average Bonchev–Trinajstić information content (AvgIpc) is 2.72. The Morgan fingerprint density at radius 1 is 1.39 bits per heavy atom. The van der Waals surface area contributed by atoms with Gasteiger partial charge in [0.25, 0.3) is 0 Å². The average molecular weight is 249 g/mol. The molecule has 2 heterocycles. The minimum Gasteiger partial charge on any atom is -0.477 e. The van der Waals surface area contributed by atoms with Crippen molar-refractivity contribution in [3.05, 3.63) is 29.2 Å². The van der Waals surface area contributed by atoms with Crippen LogP contribution in [-0.2, 0) is 6.54 Å². The van der Waals surface area contributed by atoms with Gasteiger partial charge >= 0.3 is 5.97 Å². The van der Waals surface area contributed by atoms with Crippen molar-refractivity contribution >= 4 is 11.9 Å². The van der Waals surface area contributed by atoms with Gasteiger partial charge in [0.2, 0.25) is 11.8 Å². The fourth-order valence-electron chi connectivity index (χ4n) is 1.32. The van der Waals surface area contributed by atoms with Gasteiger partial charge in [-0.05, 0) is 19.9 Å². The van der Waals surface area contributed by atoms with Gasteiger partial charge in [-0.3, -0.25) is 0 Å². The Morgan fingerprint density at radius 2 is 2.17 bits per heavy atom. The van der Waals surface area contributed by atoms with E-state index in [4.69, 9.17) is 9.63 Å². The number of carboxylic acid groups (broad SMARTS) is 1. The molecule has 0 atom stereocenters. The van der Waals surface area contributed by atoms with Crippen LogP contribution in [0.25, 0.3) is 0 Å². The van der Waals surface area contributed by atoms with Crippen molar-refractivity contribution in [2.75, 3.05) is 5.32 Å². The quantitative estimate of drug-likeness (QED) is 0.817. The number of anilines is 1. The van der Waals surface area contributed by atoms with E-state index in [9.17, 15) is 4.79 Å². The summed E-state index contributed by atoms with van der Waals surface area (Å²) in [6.07, 6.45) is 0. The van der Waals surface area contributed by atoms with Crippen molar-refractivity contribution in [2.45, 2.75) is 20.4 Å². The molecule has 0 unspecified atom stereocenters. The highest BCUT2D eigenvalue weighted by molar-refractivity contribution is 5.85. The molecule has 2 N–H and O–H groups in total. The van der Waals surface area contributed by atoms with Crippen molar-refractivity contribution in [2.24, 2.45) is 0 Å². The van der Waals surface area contributed by atoms with Crippen LogP contribution in [0.3, 0.4) is 0 Å². The van der Waals surface area contributed by atoms with Gasteiger partial charge in [-0.25, -0.2) is 14.8 Å². The fourth-order valence-corrected chi connectivity index (χ4v) is 1.32. The molecular formula is C10H11N5O3. The highest BCUT2D eigenvalue weighted by Crippen LogP contribution is 2.06. The SMILES string of the molecule is Cc1cc(C(=O)O)nc(NCc2nc(C)no2)n1. The molecule has 0 saturated heterocycles. The molecule has 0 aromatic carbocycles. The normalized spacial score (nSPS) is 10.3. The van der Waals surface area contributed by atoms with Crippen LogP contribution < -0.4 is 5.32 Å². The van der Waals surface area contributed by atoms with Crippen LogP contribution in [0.1, 0.15) is 27.9 Å². The summed E-state index contributed by atoms with van der Waals surface area (Å²) in [7, 11) is 0. The zero-order valence-corrected chi connectivity index (χ0v) is 9.84. The van der Waals surface area contributed by atoms with Crippen molar-refractivity contribution in [1.82, 2.24) is 20.1 Å². The summed E-state index contributed by atoms with van der Waals surface area (Å²) < 4.78 is 4.90. The van der Waals surface area contributed by atoms with Crippen LogP contribution in [0.4, 0.5) is 5.95 Å². The Hall–Kier alpha value is -2.51. The molecule has 0 aliphatic rings. The lowest BCUT2D eigenvalue weighted by molar-refractivity contribution is 0.0690. The highest BCUT2D eigenvalue weighted by Gasteiger charge is 2.09. The largest absolute Gasteiger partial charge is 0.477 e. The van der Waals surface area contributed by atoms with Crippen LogP contribution in [0.5, 0.6) is 0 Å². The molecular weight excluding hydrogens is 238 g/mol. The van der Waals surface area contributed by atoms with Gasteiger partial charge in [-0.1, -0.05) is 5.16 Å². The summed E-state index contributed by atoms with van der Waals surface area (Å²) >= 11 is 0. The van der Waals surface area contributed by atoms with Gasteiger partial charge in [-0.15, -0.1) is 0 Å². The molecule has 2 aromatic heterocycles. The first-order valence-corrected chi connectivity index (χ1v) is 5.16. The standard InChI is InChI=1S/C10H11N5O3/c1-5-3-7(9(16)17)14-10(12-5)11-4-8-13-6(2)15-18-8/h3H,4H2,1-2H3,(H,16,17)(H,11,12,14). The number of hydrogen-bond donors (Lipinski definition) is 2. The van der Waals surface area contributed by atoms with Gasteiger partial charge in [0, 0.05) is 5.69 Å². The molecule has 2 rings (SSSR count). The molecule has 2 aromatic rings. The molecule has 0 saturated carbocycles. The van der Waals surface area contributed by atoms with Gasteiger partial charge in [0.05, 0.1) is 6.54 Å². The smallest absolute Gasteiger partial charge is 0.354 e. The Kier molecular flexibility index (Phi) is 3.18. The fraction of sp³-hybridized carbons (Fsp3) is 0.300.